The Morgan fingerprint density at radius 1 is 1.33 bits per heavy atom. The molecule has 0 saturated heterocycles. The molecule has 0 saturated carbocycles. The molecule has 1 aromatic heterocycles. The molecule has 21 heavy (non-hydrogen) atoms. The SMILES string of the molecule is Cc1cccc(-c2nc(CNC(=O)CC(C)(C)C)cs2)c1. The van der Waals surface area contributed by atoms with E-state index in [2.05, 4.69) is 56.2 Å². The van der Waals surface area contributed by atoms with E-state index < -0.39 is 0 Å². The molecular formula is C17H22N2OS. The fraction of sp³-hybridized carbons (Fsp3) is 0.412. The lowest BCUT2D eigenvalue weighted by molar-refractivity contribution is -0.122. The van der Waals surface area contributed by atoms with Crippen LogP contribution < -0.4 is 5.32 Å². The molecule has 112 valence electrons. The van der Waals surface area contributed by atoms with Crippen LogP contribution in [0.1, 0.15) is 38.4 Å². The number of aromatic nitrogens is 1. The topological polar surface area (TPSA) is 42.0 Å². The Labute approximate surface area is 130 Å². The Bertz CT molecular complexity index is 626. The van der Waals surface area contributed by atoms with Crippen LogP contribution in [0.3, 0.4) is 0 Å². The minimum absolute atomic E-state index is 0.0128. The van der Waals surface area contributed by atoms with Gasteiger partial charge in [-0.2, -0.15) is 0 Å². The van der Waals surface area contributed by atoms with Crippen molar-refractivity contribution in [3.05, 3.63) is 40.9 Å². The maximum atomic E-state index is 11.8. The minimum Gasteiger partial charge on any atom is -0.350 e. The van der Waals surface area contributed by atoms with Gasteiger partial charge in [0.2, 0.25) is 5.91 Å². The summed E-state index contributed by atoms with van der Waals surface area (Å²) < 4.78 is 0. The highest BCUT2D eigenvalue weighted by atomic mass is 32.1. The van der Waals surface area contributed by atoms with Crippen LogP contribution in [0.4, 0.5) is 0 Å². The molecule has 0 unspecified atom stereocenters. The molecule has 0 aliphatic rings. The second kappa shape index (κ2) is 6.39. The van der Waals surface area contributed by atoms with E-state index in [0.717, 1.165) is 16.3 Å². The zero-order valence-corrected chi connectivity index (χ0v) is 13.9. The average molecular weight is 302 g/mol. The van der Waals surface area contributed by atoms with Gasteiger partial charge in [-0.05, 0) is 18.4 Å². The molecule has 1 heterocycles. The third-order valence-electron chi connectivity index (χ3n) is 2.97. The fourth-order valence-corrected chi connectivity index (χ4v) is 2.85. The fourth-order valence-electron chi connectivity index (χ4n) is 2.03. The van der Waals surface area contributed by atoms with E-state index in [-0.39, 0.29) is 11.3 Å². The lowest BCUT2D eigenvalue weighted by atomic mass is 9.92. The molecular weight excluding hydrogens is 280 g/mol. The Morgan fingerprint density at radius 3 is 2.76 bits per heavy atom. The highest BCUT2D eigenvalue weighted by Crippen LogP contribution is 2.24. The van der Waals surface area contributed by atoms with Crippen LogP contribution in [-0.4, -0.2) is 10.9 Å². The summed E-state index contributed by atoms with van der Waals surface area (Å²) in [5.41, 5.74) is 3.28. The summed E-state index contributed by atoms with van der Waals surface area (Å²) in [4.78, 5) is 16.4. The highest BCUT2D eigenvalue weighted by molar-refractivity contribution is 7.13. The Morgan fingerprint density at radius 2 is 2.10 bits per heavy atom. The van der Waals surface area contributed by atoms with Crippen LogP contribution in [0.25, 0.3) is 10.6 Å². The molecule has 0 spiro atoms. The molecule has 0 atom stereocenters. The van der Waals surface area contributed by atoms with Crippen molar-refractivity contribution >= 4 is 17.2 Å². The number of amides is 1. The first kappa shape index (κ1) is 15.7. The number of hydrogen-bond donors (Lipinski definition) is 1. The zero-order chi connectivity index (χ0) is 15.5. The molecule has 1 aromatic carbocycles. The van der Waals surface area contributed by atoms with Crippen LogP contribution >= 0.6 is 11.3 Å². The smallest absolute Gasteiger partial charge is 0.220 e. The highest BCUT2D eigenvalue weighted by Gasteiger charge is 2.15. The summed E-state index contributed by atoms with van der Waals surface area (Å²) >= 11 is 1.61. The first-order chi connectivity index (χ1) is 9.83. The maximum absolute atomic E-state index is 11.8. The van der Waals surface area contributed by atoms with Gasteiger partial charge < -0.3 is 5.32 Å². The van der Waals surface area contributed by atoms with Crippen LogP contribution in [0.15, 0.2) is 29.6 Å². The number of rotatable bonds is 4. The number of thiazole rings is 1. The van der Waals surface area contributed by atoms with Gasteiger partial charge in [0, 0.05) is 17.4 Å². The van der Waals surface area contributed by atoms with Crippen molar-refractivity contribution in [1.29, 1.82) is 0 Å². The van der Waals surface area contributed by atoms with E-state index >= 15 is 0 Å². The van der Waals surface area contributed by atoms with E-state index in [1.54, 1.807) is 11.3 Å². The molecule has 0 aliphatic heterocycles. The number of nitrogens with zero attached hydrogens (tertiary/aromatic N) is 1. The van der Waals surface area contributed by atoms with Crippen LogP contribution in [0.5, 0.6) is 0 Å². The Kier molecular flexibility index (Phi) is 4.78. The summed E-state index contributed by atoms with van der Waals surface area (Å²) in [6.45, 7) is 8.75. The van der Waals surface area contributed by atoms with E-state index in [1.165, 1.54) is 5.56 Å². The molecule has 4 heteroatoms. The van der Waals surface area contributed by atoms with Gasteiger partial charge in [-0.3, -0.25) is 4.79 Å². The summed E-state index contributed by atoms with van der Waals surface area (Å²) in [5, 5.41) is 5.94. The first-order valence-corrected chi connectivity index (χ1v) is 8.00. The van der Waals surface area contributed by atoms with Crippen molar-refractivity contribution in [3.63, 3.8) is 0 Å². The molecule has 0 bridgehead atoms. The maximum Gasteiger partial charge on any atom is 0.220 e. The van der Waals surface area contributed by atoms with Crippen molar-refractivity contribution in [1.82, 2.24) is 10.3 Å². The van der Waals surface area contributed by atoms with Crippen LogP contribution in [0, 0.1) is 12.3 Å². The first-order valence-electron chi connectivity index (χ1n) is 7.12. The van der Waals surface area contributed by atoms with Crippen molar-refractivity contribution in [3.8, 4) is 10.6 Å². The summed E-state index contributed by atoms with van der Waals surface area (Å²) in [7, 11) is 0. The lowest BCUT2D eigenvalue weighted by Crippen LogP contribution is -2.27. The molecule has 2 rings (SSSR count). The molecule has 1 amide bonds. The van der Waals surface area contributed by atoms with Gasteiger partial charge in [0.15, 0.2) is 0 Å². The van der Waals surface area contributed by atoms with Crippen molar-refractivity contribution in [2.75, 3.05) is 0 Å². The molecule has 1 N–H and O–H groups in total. The number of carbonyl (C=O) groups is 1. The van der Waals surface area contributed by atoms with Crippen molar-refractivity contribution < 1.29 is 4.79 Å². The number of hydrogen-bond acceptors (Lipinski definition) is 3. The van der Waals surface area contributed by atoms with Gasteiger partial charge in [0.1, 0.15) is 5.01 Å². The second-order valence-electron chi connectivity index (χ2n) is 6.53. The quantitative estimate of drug-likeness (QED) is 0.921. The van der Waals surface area contributed by atoms with Gasteiger partial charge in [-0.15, -0.1) is 11.3 Å². The molecule has 3 nitrogen and oxygen atoms in total. The van der Waals surface area contributed by atoms with Gasteiger partial charge >= 0.3 is 0 Å². The van der Waals surface area contributed by atoms with Gasteiger partial charge in [-0.1, -0.05) is 44.5 Å². The van der Waals surface area contributed by atoms with E-state index in [1.807, 2.05) is 11.4 Å². The average Bonchev–Trinajstić information content (AvgIpc) is 2.83. The summed E-state index contributed by atoms with van der Waals surface area (Å²) in [6.07, 6.45) is 0.530. The van der Waals surface area contributed by atoms with Gasteiger partial charge in [-0.25, -0.2) is 4.98 Å². The second-order valence-corrected chi connectivity index (χ2v) is 7.39. The number of carbonyl (C=O) groups excluding carboxylic acids is 1. The third-order valence-corrected chi connectivity index (χ3v) is 3.91. The monoisotopic (exact) mass is 302 g/mol. The van der Waals surface area contributed by atoms with Crippen LogP contribution in [-0.2, 0) is 11.3 Å². The Hall–Kier alpha value is -1.68. The normalized spacial score (nSPS) is 11.4. The largest absolute Gasteiger partial charge is 0.350 e. The predicted molar refractivity (Wildman–Crippen MR) is 88.2 cm³/mol. The van der Waals surface area contributed by atoms with E-state index in [9.17, 15) is 4.79 Å². The van der Waals surface area contributed by atoms with Crippen LogP contribution in [0.2, 0.25) is 0 Å². The minimum atomic E-state index is 0.0128. The number of benzene rings is 1. The Balaban J connectivity index is 1.96. The predicted octanol–water partition coefficient (Wildman–Crippen LogP) is 4.17. The standard InChI is InChI=1S/C17H22N2OS/c1-12-6-5-7-13(8-12)16-19-14(11-21-16)10-18-15(20)9-17(2,3)4/h5-8,11H,9-10H2,1-4H3,(H,18,20). The molecule has 0 fully saturated rings. The van der Waals surface area contributed by atoms with Crippen molar-refractivity contribution in [2.24, 2.45) is 5.41 Å². The van der Waals surface area contributed by atoms with Crippen molar-refractivity contribution in [2.45, 2.75) is 40.7 Å². The zero-order valence-electron chi connectivity index (χ0n) is 13.1. The van der Waals surface area contributed by atoms with Gasteiger partial charge in [0.05, 0.1) is 12.2 Å². The lowest BCUT2D eigenvalue weighted by Gasteiger charge is -2.16. The molecule has 2 aromatic rings. The molecule has 0 radical (unpaired) electrons. The summed E-state index contributed by atoms with van der Waals surface area (Å²) in [6, 6.07) is 8.30. The third kappa shape index (κ3) is 4.97. The van der Waals surface area contributed by atoms with Gasteiger partial charge in [0.25, 0.3) is 0 Å². The number of nitrogens with one attached hydrogen (secondary N) is 1. The van der Waals surface area contributed by atoms with E-state index in [4.69, 9.17) is 0 Å². The van der Waals surface area contributed by atoms with E-state index in [0.29, 0.717) is 13.0 Å². The number of aryl methyl sites for hydroxylation is 1. The molecule has 0 aliphatic carbocycles. The summed E-state index contributed by atoms with van der Waals surface area (Å²) in [5.74, 6) is 0.0765.